The van der Waals surface area contributed by atoms with Crippen molar-refractivity contribution in [2.24, 2.45) is 0 Å². The zero-order valence-corrected chi connectivity index (χ0v) is 18.3. The SMILES string of the molecule is CC1CC(NC(=O)c2cnn(C3CCOCC3)c2)CN1C(=O)c1cc(S(C)(=O)=O)co1. The number of hydrogen-bond donors (Lipinski definition) is 1. The van der Waals surface area contributed by atoms with Crippen molar-refractivity contribution >= 4 is 21.7 Å². The minimum absolute atomic E-state index is 0.0306. The van der Waals surface area contributed by atoms with Crippen LogP contribution in [0.1, 0.15) is 53.1 Å². The number of carbonyl (C=O) groups is 2. The first kappa shape index (κ1) is 21.6. The van der Waals surface area contributed by atoms with Crippen LogP contribution in [0, 0.1) is 0 Å². The maximum atomic E-state index is 12.8. The summed E-state index contributed by atoms with van der Waals surface area (Å²) in [6, 6.07) is 1.12. The molecule has 10 nitrogen and oxygen atoms in total. The van der Waals surface area contributed by atoms with E-state index in [1.807, 2.05) is 11.6 Å². The van der Waals surface area contributed by atoms with E-state index in [0.717, 1.165) is 25.4 Å². The summed E-state index contributed by atoms with van der Waals surface area (Å²) in [5.74, 6) is -0.661. The van der Waals surface area contributed by atoms with Crippen LogP contribution in [0.4, 0.5) is 0 Å². The van der Waals surface area contributed by atoms with Crippen molar-refractivity contribution in [2.45, 2.75) is 49.2 Å². The van der Waals surface area contributed by atoms with Gasteiger partial charge in [-0.05, 0) is 26.2 Å². The van der Waals surface area contributed by atoms with Gasteiger partial charge in [0, 0.05) is 50.4 Å². The second-order valence-corrected chi connectivity index (χ2v) is 10.2. The fraction of sp³-hybridized carbons (Fsp3) is 0.550. The number of aromatic nitrogens is 2. The van der Waals surface area contributed by atoms with E-state index < -0.39 is 15.7 Å². The zero-order chi connectivity index (χ0) is 22.2. The molecule has 2 aliphatic heterocycles. The lowest BCUT2D eigenvalue weighted by molar-refractivity contribution is 0.0662. The number of rotatable bonds is 5. The van der Waals surface area contributed by atoms with Crippen molar-refractivity contribution in [3.8, 4) is 0 Å². The monoisotopic (exact) mass is 450 g/mol. The standard InChI is InChI=1S/C20H26N4O6S/c1-13-7-15(11-23(13)20(26)18-8-17(12-30-18)31(2,27)28)22-19(25)14-9-21-24(10-14)16-3-5-29-6-4-16/h8-10,12-13,15-16H,3-7,11H2,1-2H3,(H,22,25). The maximum Gasteiger partial charge on any atom is 0.289 e. The van der Waals surface area contributed by atoms with Crippen molar-refractivity contribution in [1.82, 2.24) is 20.0 Å². The number of furan rings is 1. The summed E-state index contributed by atoms with van der Waals surface area (Å²) in [4.78, 5) is 27.0. The van der Waals surface area contributed by atoms with Crippen LogP contribution in [0.2, 0.25) is 0 Å². The van der Waals surface area contributed by atoms with Crippen LogP contribution in [0.15, 0.2) is 34.0 Å². The van der Waals surface area contributed by atoms with Gasteiger partial charge in [0.25, 0.3) is 11.8 Å². The van der Waals surface area contributed by atoms with Gasteiger partial charge in [-0.25, -0.2) is 8.42 Å². The molecule has 2 atom stereocenters. The van der Waals surface area contributed by atoms with Gasteiger partial charge in [-0.1, -0.05) is 0 Å². The Hall–Kier alpha value is -2.66. The third kappa shape index (κ3) is 4.67. The fourth-order valence-corrected chi connectivity index (χ4v) is 4.60. The molecule has 2 aliphatic rings. The van der Waals surface area contributed by atoms with Crippen LogP contribution in [-0.2, 0) is 14.6 Å². The van der Waals surface area contributed by atoms with Crippen molar-refractivity contribution in [1.29, 1.82) is 0 Å². The van der Waals surface area contributed by atoms with Crippen LogP contribution in [0.5, 0.6) is 0 Å². The number of nitrogens with zero attached hydrogens (tertiary/aromatic N) is 3. The van der Waals surface area contributed by atoms with E-state index in [0.29, 0.717) is 31.7 Å². The quantitative estimate of drug-likeness (QED) is 0.727. The molecule has 0 aliphatic carbocycles. The van der Waals surface area contributed by atoms with E-state index in [9.17, 15) is 18.0 Å². The highest BCUT2D eigenvalue weighted by atomic mass is 32.2. The smallest absolute Gasteiger partial charge is 0.289 e. The summed E-state index contributed by atoms with van der Waals surface area (Å²) >= 11 is 0. The second kappa shape index (κ2) is 8.46. The molecule has 2 saturated heterocycles. The topological polar surface area (TPSA) is 124 Å². The van der Waals surface area contributed by atoms with Gasteiger partial charge in [0.1, 0.15) is 11.2 Å². The van der Waals surface area contributed by atoms with Crippen molar-refractivity contribution in [3.05, 3.63) is 36.0 Å². The highest BCUT2D eigenvalue weighted by Crippen LogP contribution is 2.24. The molecule has 2 fully saturated rings. The van der Waals surface area contributed by atoms with Crippen LogP contribution in [0.25, 0.3) is 0 Å². The van der Waals surface area contributed by atoms with Crippen LogP contribution in [0.3, 0.4) is 0 Å². The van der Waals surface area contributed by atoms with E-state index in [1.165, 1.54) is 6.07 Å². The van der Waals surface area contributed by atoms with Crippen LogP contribution >= 0.6 is 0 Å². The maximum absolute atomic E-state index is 12.8. The molecule has 4 heterocycles. The molecule has 1 N–H and O–H groups in total. The number of amides is 2. The average Bonchev–Trinajstić information content (AvgIpc) is 3.47. The number of sulfone groups is 1. The molecule has 0 spiro atoms. The molecule has 2 unspecified atom stereocenters. The fourth-order valence-electron chi connectivity index (χ4n) is 4.06. The summed E-state index contributed by atoms with van der Waals surface area (Å²) in [6.07, 6.45) is 7.76. The second-order valence-electron chi connectivity index (χ2n) is 8.18. The van der Waals surface area contributed by atoms with Gasteiger partial charge >= 0.3 is 0 Å². The van der Waals surface area contributed by atoms with E-state index in [1.54, 1.807) is 17.3 Å². The predicted molar refractivity (Wildman–Crippen MR) is 110 cm³/mol. The third-order valence-corrected chi connectivity index (χ3v) is 6.88. The number of ether oxygens (including phenoxy) is 1. The number of hydrogen-bond acceptors (Lipinski definition) is 7. The van der Waals surface area contributed by atoms with E-state index in [-0.39, 0.29) is 34.7 Å². The van der Waals surface area contributed by atoms with Gasteiger partial charge in [-0.3, -0.25) is 14.3 Å². The zero-order valence-electron chi connectivity index (χ0n) is 17.5. The van der Waals surface area contributed by atoms with Gasteiger partial charge < -0.3 is 19.4 Å². The van der Waals surface area contributed by atoms with Gasteiger partial charge in [-0.15, -0.1) is 0 Å². The van der Waals surface area contributed by atoms with Gasteiger partial charge in [0.2, 0.25) is 0 Å². The molecular formula is C20H26N4O6S. The molecule has 168 valence electrons. The normalized spacial score (nSPS) is 22.6. The Balaban J connectivity index is 1.37. The molecule has 2 aromatic rings. The Morgan fingerprint density at radius 3 is 2.68 bits per heavy atom. The van der Waals surface area contributed by atoms with Crippen LogP contribution in [-0.4, -0.2) is 73.0 Å². The molecule has 4 rings (SSSR count). The number of likely N-dealkylation sites (tertiary alicyclic amines) is 1. The lowest BCUT2D eigenvalue weighted by Gasteiger charge is -2.22. The Labute approximate surface area is 180 Å². The molecule has 0 radical (unpaired) electrons. The summed E-state index contributed by atoms with van der Waals surface area (Å²) in [7, 11) is -3.45. The molecule has 2 amide bonds. The van der Waals surface area contributed by atoms with Gasteiger partial charge in [-0.2, -0.15) is 5.10 Å². The Bertz CT molecular complexity index is 1070. The van der Waals surface area contributed by atoms with E-state index >= 15 is 0 Å². The van der Waals surface area contributed by atoms with Crippen molar-refractivity contribution in [2.75, 3.05) is 26.0 Å². The largest absolute Gasteiger partial charge is 0.458 e. The summed E-state index contributed by atoms with van der Waals surface area (Å²) < 4.78 is 35.6. The highest BCUT2D eigenvalue weighted by molar-refractivity contribution is 7.90. The van der Waals surface area contributed by atoms with Crippen LogP contribution < -0.4 is 5.32 Å². The van der Waals surface area contributed by atoms with Crippen molar-refractivity contribution < 1.29 is 27.2 Å². The summed E-state index contributed by atoms with van der Waals surface area (Å²) in [5, 5.41) is 7.30. The first-order valence-electron chi connectivity index (χ1n) is 10.2. The lowest BCUT2D eigenvalue weighted by atomic mass is 10.1. The Morgan fingerprint density at radius 1 is 1.26 bits per heavy atom. The molecule has 0 saturated carbocycles. The average molecular weight is 451 g/mol. The van der Waals surface area contributed by atoms with Crippen molar-refractivity contribution in [3.63, 3.8) is 0 Å². The Kier molecular flexibility index (Phi) is 5.89. The number of carbonyl (C=O) groups excluding carboxylic acids is 2. The minimum atomic E-state index is -3.45. The molecule has 0 bridgehead atoms. The van der Waals surface area contributed by atoms with E-state index in [4.69, 9.17) is 9.15 Å². The first-order chi connectivity index (χ1) is 14.7. The number of nitrogens with one attached hydrogen (secondary N) is 1. The molecule has 0 aromatic carbocycles. The Morgan fingerprint density at radius 2 is 2.00 bits per heavy atom. The molecule has 11 heteroatoms. The summed E-state index contributed by atoms with van der Waals surface area (Å²) in [5.41, 5.74) is 0.479. The predicted octanol–water partition coefficient (Wildman–Crippen LogP) is 1.26. The lowest BCUT2D eigenvalue weighted by Crippen LogP contribution is -2.39. The molecular weight excluding hydrogens is 424 g/mol. The van der Waals surface area contributed by atoms with E-state index in [2.05, 4.69) is 10.4 Å². The summed E-state index contributed by atoms with van der Waals surface area (Å²) in [6.45, 7) is 3.58. The highest BCUT2D eigenvalue weighted by Gasteiger charge is 2.35. The first-order valence-corrected chi connectivity index (χ1v) is 12.1. The van der Waals surface area contributed by atoms with Gasteiger partial charge in [0.05, 0.1) is 17.8 Å². The molecule has 2 aromatic heterocycles. The minimum Gasteiger partial charge on any atom is -0.458 e. The third-order valence-electron chi connectivity index (χ3n) is 5.81. The molecule has 31 heavy (non-hydrogen) atoms. The van der Waals surface area contributed by atoms with Gasteiger partial charge in [0.15, 0.2) is 15.6 Å².